The molecular weight excluding hydrogens is 192 g/mol. The van der Waals surface area contributed by atoms with E-state index in [0.717, 1.165) is 5.92 Å². The van der Waals surface area contributed by atoms with Gasteiger partial charge in [0.2, 0.25) is 0 Å². The zero-order chi connectivity index (χ0) is 11.5. The molecule has 0 aromatic heterocycles. The van der Waals surface area contributed by atoms with E-state index >= 15 is 0 Å². The van der Waals surface area contributed by atoms with Gasteiger partial charge >= 0.3 is 0 Å². The molecular formula is C16H20. The molecule has 2 aromatic carbocycles. The molecule has 1 aliphatic rings. The molecule has 0 heterocycles. The largest absolute Gasteiger partial charge is 0.0683 e. The smallest absolute Gasteiger partial charge is 0.0120 e. The molecule has 0 saturated heterocycles. The minimum atomic E-state index is 0.847. The second kappa shape index (κ2) is 4.69. The quantitative estimate of drug-likeness (QED) is 0.620. The van der Waals surface area contributed by atoms with Crippen molar-refractivity contribution < 1.29 is 0 Å². The fourth-order valence-electron chi connectivity index (χ4n) is 2.30. The van der Waals surface area contributed by atoms with Crippen LogP contribution in [0.1, 0.15) is 43.7 Å². The lowest BCUT2D eigenvalue weighted by Crippen LogP contribution is -1.85. The van der Waals surface area contributed by atoms with Crippen molar-refractivity contribution in [2.24, 2.45) is 0 Å². The van der Waals surface area contributed by atoms with Crippen LogP contribution in [-0.4, -0.2) is 0 Å². The summed E-state index contributed by atoms with van der Waals surface area (Å²) in [6, 6.07) is 13.3. The Morgan fingerprint density at radius 3 is 2.19 bits per heavy atom. The van der Waals surface area contributed by atoms with Crippen molar-refractivity contribution in [3.63, 3.8) is 0 Å². The number of rotatable bonds is 1. The Kier molecular flexibility index (Phi) is 3.28. The molecule has 1 aliphatic carbocycles. The van der Waals surface area contributed by atoms with E-state index in [2.05, 4.69) is 43.3 Å². The average Bonchev–Trinajstić information content (AvgIpc) is 3.15. The lowest BCUT2D eigenvalue weighted by Gasteiger charge is -2.07. The Bertz CT molecular complexity index is 473. The van der Waals surface area contributed by atoms with Gasteiger partial charge in [-0.15, -0.1) is 0 Å². The highest BCUT2D eigenvalue weighted by Gasteiger charge is 2.25. The molecule has 0 heteroatoms. The zero-order valence-electron chi connectivity index (χ0n) is 10.5. The first-order valence-corrected chi connectivity index (χ1v) is 6.34. The Morgan fingerprint density at radius 2 is 1.56 bits per heavy atom. The maximum absolute atomic E-state index is 2.30. The van der Waals surface area contributed by atoms with Gasteiger partial charge in [-0.2, -0.15) is 0 Å². The molecule has 0 N–H and O–H groups in total. The summed E-state index contributed by atoms with van der Waals surface area (Å²) in [5, 5.41) is 2.90. The van der Waals surface area contributed by atoms with E-state index < -0.39 is 0 Å². The number of aryl methyl sites for hydroxylation is 1. The summed E-state index contributed by atoms with van der Waals surface area (Å²) in [5.74, 6) is 0.847. The minimum absolute atomic E-state index is 0.847. The Labute approximate surface area is 98.3 Å². The molecule has 0 nitrogen and oxygen atoms in total. The summed E-state index contributed by atoms with van der Waals surface area (Å²) in [6.07, 6.45) is 2.76. The molecule has 84 valence electrons. The Morgan fingerprint density at radius 1 is 0.938 bits per heavy atom. The summed E-state index contributed by atoms with van der Waals surface area (Å²) >= 11 is 0. The highest BCUT2D eigenvalue weighted by molar-refractivity contribution is 5.89. The SMILES string of the molecule is CC.Cc1cccc2cccc(C3CC3)c12. The van der Waals surface area contributed by atoms with Gasteiger partial charge in [-0.1, -0.05) is 50.2 Å². The molecule has 0 atom stereocenters. The predicted molar refractivity (Wildman–Crippen MR) is 72.0 cm³/mol. The molecule has 3 rings (SSSR count). The van der Waals surface area contributed by atoms with Crippen LogP contribution in [0.3, 0.4) is 0 Å². The third-order valence-electron chi connectivity index (χ3n) is 3.16. The van der Waals surface area contributed by atoms with E-state index in [9.17, 15) is 0 Å². The maximum atomic E-state index is 2.30. The van der Waals surface area contributed by atoms with E-state index in [1.165, 1.54) is 29.2 Å². The van der Waals surface area contributed by atoms with Gasteiger partial charge in [-0.05, 0) is 47.6 Å². The van der Waals surface area contributed by atoms with Gasteiger partial charge in [-0.3, -0.25) is 0 Å². The first-order valence-electron chi connectivity index (χ1n) is 6.34. The van der Waals surface area contributed by atoms with Crippen LogP contribution in [0, 0.1) is 6.92 Å². The maximum Gasteiger partial charge on any atom is -0.0120 e. The molecule has 0 bridgehead atoms. The van der Waals surface area contributed by atoms with Crippen molar-refractivity contribution in [2.75, 3.05) is 0 Å². The highest BCUT2D eigenvalue weighted by Crippen LogP contribution is 2.43. The van der Waals surface area contributed by atoms with Crippen LogP contribution in [0.25, 0.3) is 10.8 Å². The van der Waals surface area contributed by atoms with Gasteiger partial charge in [-0.25, -0.2) is 0 Å². The van der Waals surface area contributed by atoms with Crippen LogP contribution in [0.2, 0.25) is 0 Å². The molecule has 0 amide bonds. The number of hydrogen-bond acceptors (Lipinski definition) is 0. The van der Waals surface area contributed by atoms with E-state index in [0.29, 0.717) is 0 Å². The van der Waals surface area contributed by atoms with Crippen molar-refractivity contribution in [3.05, 3.63) is 47.5 Å². The number of fused-ring (bicyclic) bond motifs is 1. The van der Waals surface area contributed by atoms with Crippen molar-refractivity contribution in [3.8, 4) is 0 Å². The fraction of sp³-hybridized carbons (Fsp3) is 0.375. The average molecular weight is 212 g/mol. The van der Waals surface area contributed by atoms with E-state index in [-0.39, 0.29) is 0 Å². The number of hydrogen-bond donors (Lipinski definition) is 0. The summed E-state index contributed by atoms with van der Waals surface area (Å²) < 4.78 is 0. The van der Waals surface area contributed by atoms with E-state index in [4.69, 9.17) is 0 Å². The Balaban J connectivity index is 0.000000457. The van der Waals surface area contributed by atoms with Crippen molar-refractivity contribution in [2.45, 2.75) is 39.5 Å². The van der Waals surface area contributed by atoms with Gasteiger partial charge in [0.1, 0.15) is 0 Å². The molecule has 1 saturated carbocycles. The van der Waals surface area contributed by atoms with Gasteiger partial charge in [0.25, 0.3) is 0 Å². The van der Waals surface area contributed by atoms with Crippen LogP contribution in [0.4, 0.5) is 0 Å². The molecule has 0 spiro atoms. The zero-order valence-corrected chi connectivity index (χ0v) is 10.5. The summed E-state index contributed by atoms with van der Waals surface area (Å²) in [5.41, 5.74) is 2.99. The molecule has 1 fully saturated rings. The molecule has 2 aromatic rings. The monoisotopic (exact) mass is 212 g/mol. The predicted octanol–water partition coefficient (Wildman–Crippen LogP) is 5.05. The van der Waals surface area contributed by atoms with Crippen LogP contribution < -0.4 is 0 Å². The van der Waals surface area contributed by atoms with Gasteiger partial charge in [0.05, 0.1) is 0 Å². The summed E-state index contributed by atoms with van der Waals surface area (Å²) in [4.78, 5) is 0. The summed E-state index contributed by atoms with van der Waals surface area (Å²) in [6.45, 7) is 6.22. The minimum Gasteiger partial charge on any atom is -0.0683 e. The van der Waals surface area contributed by atoms with Crippen molar-refractivity contribution in [1.82, 2.24) is 0 Å². The first kappa shape index (κ1) is 11.2. The van der Waals surface area contributed by atoms with Gasteiger partial charge in [0, 0.05) is 0 Å². The molecule has 16 heavy (non-hydrogen) atoms. The second-order valence-corrected chi connectivity index (χ2v) is 4.29. The van der Waals surface area contributed by atoms with Crippen LogP contribution >= 0.6 is 0 Å². The lowest BCUT2D eigenvalue weighted by atomic mass is 9.97. The molecule has 0 unspecified atom stereocenters. The second-order valence-electron chi connectivity index (χ2n) is 4.29. The first-order chi connectivity index (χ1) is 7.86. The third-order valence-corrected chi connectivity index (χ3v) is 3.16. The van der Waals surface area contributed by atoms with Crippen LogP contribution in [-0.2, 0) is 0 Å². The topological polar surface area (TPSA) is 0 Å². The fourth-order valence-corrected chi connectivity index (χ4v) is 2.30. The van der Waals surface area contributed by atoms with Crippen molar-refractivity contribution >= 4 is 10.8 Å². The Hall–Kier alpha value is -1.30. The standard InChI is InChI=1S/C14H14.C2H6/c1-10-4-2-5-12-6-3-7-13(14(10)12)11-8-9-11;1-2/h2-7,11H,8-9H2,1H3;1-2H3. The van der Waals surface area contributed by atoms with E-state index in [1.54, 1.807) is 5.56 Å². The number of benzene rings is 2. The normalized spacial score (nSPS) is 14.4. The summed E-state index contributed by atoms with van der Waals surface area (Å²) in [7, 11) is 0. The van der Waals surface area contributed by atoms with Crippen LogP contribution in [0.5, 0.6) is 0 Å². The van der Waals surface area contributed by atoms with Crippen LogP contribution in [0.15, 0.2) is 36.4 Å². The highest BCUT2D eigenvalue weighted by atomic mass is 14.3. The molecule has 0 radical (unpaired) electrons. The van der Waals surface area contributed by atoms with Gasteiger partial charge < -0.3 is 0 Å². The third kappa shape index (κ3) is 1.97. The molecule has 0 aliphatic heterocycles. The van der Waals surface area contributed by atoms with E-state index in [1.807, 2.05) is 13.8 Å². The van der Waals surface area contributed by atoms with Crippen molar-refractivity contribution in [1.29, 1.82) is 0 Å². The lowest BCUT2D eigenvalue weighted by molar-refractivity contribution is 1.15. The van der Waals surface area contributed by atoms with Gasteiger partial charge in [0.15, 0.2) is 0 Å².